The molecule has 0 fully saturated rings. The smallest absolute Gasteiger partial charge is 0.290 e. The van der Waals surface area contributed by atoms with Crippen LogP contribution in [-0.2, 0) is 6.42 Å². The van der Waals surface area contributed by atoms with Gasteiger partial charge in [-0.3, -0.25) is 9.78 Å². The van der Waals surface area contributed by atoms with Crippen LogP contribution in [0, 0.1) is 11.3 Å². The van der Waals surface area contributed by atoms with E-state index in [-0.39, 0.29) is 23.1 Å². The molecule has 0 radical (unpaired) electrons. The topological polar surface area (TPSA) is 68.0 Å². The lowest BCUT2D eigenvalue weighted by atomic mass is 9.86. The van der Waals surface area contributed by atoms with Gasteiger partial charge in [0.25, 0.3) is 5.91 Å². The van der Waals surface area contributed by atoms with E-state index in [1.54, 1.807) is 18.5 Å². The van der Waals surface area contributed by atoms with Gasteiger partial charge in [0.05, 0.1) is 11.7 Å². The highest BCUT2D eigenvalue weighted by Gasteiger charge is 2.24. The lowest BCUT2D eigenvalue weighted by Crippen LogP contribution is -2.31. The van der Waals surface area contributed by atoms with Gasteiger partial charge in [-0.15, -0.1) is 0 Å². The van der Waals surface area contributed by atoms with E-state index >= 15 is 0 Å². The molecule has 130 valence electrons. The van der Waals surface area contributed by atoms with Crippen LogP contribution >= 0.6 is 0 Å². The first-order valence-corrected chi connectivity index (χ1v) is 8.41. The fourth-order valence-electron chi connectivity index (χ4n) is 2.61. The third-order valence-corrected chi connectivity index (χ3v) is 3.61. The highest BCUT2D eigenvalue weighted by molar-refractivity contribution is 5.91. The highest BCUT2D eigenvalue weighted by atomic mass is 16.5. The zero-order valence-electron chi connectivity index (χ0n) is 15.2. The molecular formula is C19H27N3O2. The fraction of sp³-hybridized carbons (Fsp3) is 0.526. The van der Waals surface area contributed by atoms with E-state index in [1.807, 2.05) is 12.1 Å². The summed E-state index contributed by atoms with van der Waals surface area (Å²) in [6.45, 7) is 10.7. The number of nitrogens with one attached hydrogen (secondary N) is 1. The normalized spacial score (nSPS) is 13.1. The Morgan fingerprint density at radius 3 is 2.67 bits per heavy atom. The van der Waals surface area contributed by atoms with Crippen molar-refractivity contribution in [1.82, 2.24) is 15.5 Å². The number of rotatable bonds is 6. The Bertz CT molecular complexity index is 657. The van der Waals surface area contributed by atoms with Gasteiger partial charge in [0, 0.05) is 18.5 Å². The average Bonchev–Trinajstić information content (AvgIpc) is 2.94. The van der Waals surface area contributed by atoms with Gasteiger partial charge in [-0.1, -0.05) is 45.8 Å². The number of carbonyl (C=O) groups excluding carboxylic acids is 1. The van der Waals surface area contributed by atoms with E-state index in [0.717, 1.165) is 24.1 Å². The van der Waals surface area contributed by atoms with Crippen LogP contribution in [-0.4, -0.2) is 16.0 Å². The number of aromatic nitrogens is 2. The Balaban J connectivity index is 2.13. The summed E-state index contributed by atoms with van der Waals surface area (Å²) in [6, 6.07) is 5.47. The summed E-state index contributed by atoms with van der Waals surface area (Å²) in [5.41, 5.74) is 1.87. The molecule has 1 N–H and O–H groups in total. The first-order chi connectivity index (χ1) is 11.2. The summed E-state index contributed by atoms with van der Waals surface area (Å²) < 4.78 is 5.22. The lowest BCUT2D eigenvalue weighted by molar-refractivity contribution is 0.0888. The Hall–Kier alpha value is -2.17. The van der Waals surface area contributed by atoms with Crippen LogP contribution in [0.1, 0.15) is 68.9 Å². The standard InChI is InChI=1S/C19H27N3O2/c1-13(2)9-15-10-17(24-22-15)18(23)21-16(11-19(3,4)5)14-7-6-8-20-12-14/h6-8,10,12-13,16H,9,11H2,1-5H3,(H,21,23). The Morgan fingerprint density at radius 2 is 2.08 bits per heavy atom. The molecule has 0 aliphatic rings. The second-order valence-electron chi connectivity index (χ2n) is 7.86. The van der Waals surface area contributed by atoms with Crippen LogP contribution in [0.4, 0.5) is 0 Å². The van der Waals surface area contributed by atoms with Crippen molar-refractivity contribution in [2.45, 2.75) is 53.5 Å². The zero-order valence-corrected chi connectivity index (χ0v) is 15.2. The van der Waals surface area contributed by atoms with Gasteiger partial charge in [0.1, 0.15) is 0 Å². The number of carbonyl (C=O) groups is 1. The zero-order chi connectivity index (χ0) is 17.7. The van der Waals surface area contributed by atoms with Crippen LogP contribution in [0.5, 0.6) is 0 Å². The van der Waals surface area contributed by atoms with Crippen LogP contribution in [0.25, 0.3) is 0 Å². The van der Waals surface area contributed by atoms with E-state index in [4.69, 9.17) is 4.52 Å². The molecule has 5 heteroatoms. The molecule has 1 atom stereocenters. The molecule has 2 aromatic rings. The molecule has 0 aromatic carbocycles. The quantitative estimate of drug-likeness (QED) is 0.863. The molecule has 0 aliphatic carbocycles. The van der Waals surface area contributed by atoms with E-state index in [1.165, 1.54) is 0 Å². The molecule has 2 rings (SSSR count). The van der Waals surface area contributed by atoms with E-state index in [2.05, 4.69) is 50.1 Å². The van der Waals surface area contributed by atoms with Crippen LogP contribution < -0.4 is 5.32 Å². The van der Waals surface area contributed by atoms with Crippen molar-refractivity contribution in [1.29, 1.82) is 0 Å². The summed E-state index contributed by atoms with van der Waals surface area (Å²) in [4.78, 5) is 16.7. The lowest BCUT2D eigenvalue weighted by Gasteiger charge is -2.26. The second-order valence-corrected chi connectivity index (χ2v) is 7.86. The van der Waals surface area contributed by atoms with Crippen LogP contribution in [0.2, 0.25) is 0 Å². The van der Waals surface area contributed by atoms with Gasteiger partial charge in [-0.25, -0.2) is 0 Å². The summed E-state index contributed by atoms with van der Waals surface area (Å²) in [7, 11) is 0. The fourth-order valence-corrected chi connectivity index (χ4v) is 2.61. The van der Waals surface area contributed by atoms with E-state index < -0.39 is 0 Å². The van der Waals surface area contributed by atoms with Gasteiger partial charge in [0.15, 0.2) is 0 Å². The van der Waals surface area contributed by atoms with Crippen molar-refractivity contribution < 1.29 is 9.32 Å². The van der Waals surface area contributed by atoms with E-state index in [0.29, 0.717) is 5.92 Å². The maximum absolute atomic E-state index is 12.5. The molecule has 1 unspecified atom stereocenters. The first kappa shape index (κ1) is 18.2. The SMILES string of the molecule is CC(C)Cc1cc(C(=O)NC(CC(C)(C)C)c2cccnc2)on1. The van der Waals surface area contributed by atoms with Crippen molar-refractivity contribution in [2.24, 2.45) is 11.3 Å². The molecular weight excluding hydrogens is 302 g/mol. The Labute approximate surface area is 143 Å². The first-order valence-electron chi connectivity index (χ1n) is 8.41. The van der Waals surface area contributed by atoms with Gasteiger partial charge in [-0.05, 0) is 35.8 Å². The van der Waals surface area contributed by atoms with Crippen molar-refractivity contribution in [3.8, 4) is 0 Å². The minimum atomic E-state index is -0.240. The van der Waals surface area contributed by atoms with Crippen molar-refractivity contribution in [2.75, 3.05) is 0 Å². The summed E-state index contributed by atoms with van der Waals surface area (Å²) in [5, 5.41) is 7.04. The molecule has 2 aromatic heterocycles. The molecule has 0 spiro atoms. The summed E-state index contributed by atoms with van der Waals surface area (Å²) in [5.74, 6) is 0.485. The Kier molecular flexibility index (Phi) is 5.75. The molecule has 0 saturated heterocycles. The number of pyridine rings is 1. The molecule has 0 aliphatic heterocycles. The third-order valence-electron chi connectivity index (χ3n) is 3.61. The van der Waals surface area contributed by atoms with Crippen LogP contribution in [0.3, 0.4) is 0 Å². The molecule has 0 saturated carbocycles. The van der Waals surface area contributed by atoms with Crippen molar-refractivity contribution >= 4 is 5.91 Å². The predicted molar refractivity (Wildman–Crippen MR) is 93.6 cm³/mol. The van der Waals surface area contributed by atoms with Crippen LogP contribution in [0.15, 0.2) is 35.1 Å². The number of hydrogen-bond acceptors (Lipinski definition) is 4. The van der Waals surface area contributed by atoms with Gasteiger partial charge in [-0.2, -0.15) is 0 Å². The average molecular weight is 329 g/mol. The molecule has 2 heterocycles. The van der Waals surface area contributed by atoms with E-state index in [9.17, 15) is 4.79 Å². The molecule has 1 amide bonds. The number of nitrogens with zero attached hydrogens (tertiary/aromatic N) is 2. The Morgan fingerprint density at radius 1 is 1.33 bits per heavy atom. The van der Waals surface area contributed by atoms with Gasteiger partial charge in [0.2, 0.25) is 5.76 Å². The maximum Gasteiger partial charge on any atom is 0.290 e. The monoisotopic (exact) mass is 329 g/mol. The number of hydrogen-bond donors (Lipinski definition) is 1. The largest absolute Gasteiger partial charge is 0.351 e. The maximum atomic E-state index is 12.5. The van der Waals surface area contributed by atoms with Crippen molar-refractivity contribution in [3.05, 3.63) is 47.6 Å². The molecule has 24 heavy (non-hydrogen) atoms. The highest BCUT2D eigenvalue weighted by Crippen LogP contribution is 2.29. The molecule has 0 bridgehead atoms. The third kappa shape index (κ3) is 5.48. The minimum absolute atomic E-state index is 0.0675. The van der Waals surface area contributed by atoms with Gasteiger partial charge < -0.3 is 9.84 Å². The van der Waals surface area contributed by atoms with Crippen molar-refractivity contribution in [3.63, 3.8) is 0 Å². The second kappa shape index (κ2) is 7.60. The number of amides is 1. The minimum Gasteiger partial charge on any atom is -0.351 e. The summed E-state index contributed by atoms with van der Waals surface area (Å²) >= 11 is 0. The molecule has 5 nitrogen and oxygen atoms in total. The van der Waals surface area contributed by atoms with Gasteiger partial charge >= 0.3 is 0 Å². The summed E-state index contributed by atoms with van der Waals surface area (Å²) in [6.07, 6.45) is 5.12. The predicted octanol–water partition coefficient (Wildman–Crippen LogP) is 4.18.